The topological polar surface area (TPSA) is 39.9 Å². The summed E-state index contributed by atoms with van der Waals surface area (Å²) in [5.74, 6) is 0.740. The van der Waals surface area contributed by atoms with Gasteiger partial charge < -0.3 is 4.74 Å². The van der Waals surface area contributed by atoms with Gasteiger partial charge in [0.2, 0.25) is 0 Å². The first-order valence-electron chi connectivity index (χ1n) is 8.71. The summed E-state index contributed by atoms with van der Waals surface area (Å²) in [6.07, 6.45) is 3.52. The van der Waals surface area contributed by atoms with E-state index in [9.17, 15) is 0 Å². The lowest BCUT2D eigenvalue weighted by atomic mass is 10.1. The van der Waals surface area contributed by atoms with E-state index in [1.54, 1.807) is 12.3 Å². The summed E-state index contributed by atoms with van der Waals surface area (Å²) in [7, 11) is 0. The third kappa shape index (κ3) is 3.09. The van der Waals surface area contributed by atoms with Crippen LogP contribution in [-0.2, 0) is 0 Å². The molecule has 0 saturated heterocycles. The normalized spacial score (nSPS) is 10.9. The highest BCUT2D eigenvalue weighted by molar-refractivity contribution is 6.30. The minimum Gasteiger partial charge on any atom is -0.492 e. The Morgan fingerprint density at radius 1 is 1.11 bits per heavy atom. The molecule has 27 heavy (non-hydrogen) atoms. The second-order valence-corrected chi connectivity index (χ2v) is 6.42. The number of para-hydroxylation sites is 1. The second-order valence-electron chi connectivity index (χ2n) is 5.98. The second kappa shape index (κ2) is 7.25. The third-order valence-corrected chi connectivity index (χ3v) is 4.56. The Hall–Kier alpha value is -3.11. The van der Waals surface area contributed by atoms with Crippen LogP contribution in [0.15, 0.2) is 67.4 Å². The van der Waals surface area contributed by atoms with Gasteiger partial charge in [0.15, 0.2) is 5.65 Å². The molecule has 2 aromatic heterocycles. The van der Waals surface area contributed by atoms with Crippen LogP contribution in [0.1, 0.15) is 12.5 Å². The van der Waals surface area contributed by atoms with Crippen molar-refractivity contribution < 1.29 is 4.74 Å². The third-order valence-electron chi connectivity index (χ3n) is 4.30. The molecule has 4 nitrogen and oxygen atoms in total. The fraction of sp³-hybridized carbons (Fsp3) is 0.0909. The van der Waals surface area contributed by atoms with E-state index in [1.165, 1.54) is 0 Å². The van der Waals surface area contributed by atoms with Gasteiger partial charge in [0.05, 0.1) is 17.7 Å². The molecular formula is C22H18ClN3O. The number of halogens is 1. The van der Waals surface area contributed by atoms with Crippen LogP contribution in [0.2, 0.25) is 5.02 Å². The number of nitrogens with zero attached hydrogens (tertiary/aromatic N) is 3. The summed E-state index contributed by atoms with van der Waals surface area (Å²) in [5, 5.41) is 6.42. The van der Waals surface area contributed by atoms with E-state index >= 15 is 0 Å². The van der Waals surface area contributed by atoms with Gasteiger partial charge in [-0.15, -0.1) is 0 Å². The standard InChI is InChI=1S/C22H18ClN3O/c1-3-15-14-24-22-19(21(15)27-4-2)20(16-10-12-17(23)13-11-16)25-26(22)18-8-6-5-7-9-18/h3,5-14H,1,4H2,2H3. The first kappa shape index (κ1) is 17.3. The highest BCUT2D eigenvalue weighted by Gasteiger charge is 2.21. The summed E-state index contributed by atoms with van der Waals surface area (Å²) in [6.45, 7) is 6.39. The maximum Gasteiger partial charge on any atom is 0.167 e. The van der Waals surface area contributed by atoms with Gasteiger partial charge in [-0.2, -0.15) is 5.10 Å². The summed E-state index contributed by atoms with van der Waals surface area (Å²) in [5.41, 5.74) is 4.25. The van der Waals surface area contributed by atoms with Crippen LogP contribution in [0, 0.1) is 0 Å². The van der Waals surface area contributed by atoms with Gasteiger partial charge in [-0.3, -0.25) is 0 Å². The van der Waals surface area contributed by atoms with Gasteiger partial charge in [0, 0.05) is 22.3 Å². The van der Waals surface area contributed by atoms with Crippen molar-refractivity contribution >= 4 is 28.7 Å². The van der Waals surface area contributed by atoms with Crippen molar-refractivity contribution in [1.82, 2.24) is 14.8 Å². The zero-order valence-electron chi connectivity index (χ0n) is 14.9. The molecule has 0 saturated carbocycles. The fourth-order valence-electron chi connectivity index (χ4n) is 3.08. The van der Waals surface area contributed by atoms with E-state index in [-0.39, 0.29) is 0 Å². The number of pyridine rings is 1. The van der Waals surface area contributed by atoms with Crippen LogP contribution < -0.4 is 4.74 Å². The molecule has 2 heterocycles. The molecule has 0 atom stereocenters. The number of aromatic nitrogens is 3. The Labute approximate surface area is 162 Å². The molecular weight excluding hydrogens is 358 g/mol. The molecule has 0 fully saturated rings. The van der Waals surface area contributed by atoms with Crippen molar-refractivity contribution in [2.75, 3.05) is 6.61 Å². The summed E-state index contributed by atoms with van der Waals surface area (Å²) in [4.78, 5) is 4.66. The van der Waals surface area contributed by atoms with E-state index in [1.807, 2.05) is 66.2 Å². The van der Waals surface area contributed by atoms with E-state index in [4.69, 9.17) is 21.4 Å². The molecule has 0 aliphatic carbocycles. The number of benzene rings is 2. The Morgan fingerprint density at radius 3 is 2.52 bits per heavy atom. The molecule has 2 aromatic carbocycles. The van der Waals surface area contributed by atoms with Crippen LogP contribution >= 0.6 is 11.6 Å². The van der Waals surface area contributed by atoms with Crippen molar-refractivity contribution in [3.63, 3.8) is 0 Å². The lowest BCUT2D eigenvalue weighted by Gasteiger charge is -2.10. The van der Waals surface area contributed by atoms with Gasteiger partial charge in [-0.1, -0.05) is 54.6 Å². The van der Waals surface area contributed by atoms with Crippen LogP contribution in [-0.4, -0.2) is 21.4 Å². The van der Waals surface area contributed by atoms with Gasteiger partial charge in [0.25, 0.3) is 0 Å². The average Bonchev–Trinajstić information content (AvgIpc) is 3.10. The molecule has 0 radical (unpaired) electrons. The molecule has 0 N–H and O–H groups in total. The quantitative estimate of drug-likeness (QED) is 0.443. The Morgan fingerprint density at radius 2 is 1.85 bits per heavy atom. The maximum absolute atomic E-state index is 6.07. The molecule has 0 aliphatic heterocycles. The number of hydrogen-bond donors (Lipinski definition) is 0. The first-order chi connectivity index (χ1) is 13.2. The van der Waals surface area contributed by atoms with Crippen molar-refractivity contribution in [3.8, 4) is 22.7 Å². The maximum atomic E-state index is 6.07. The molecule has 4 rings (SSSR count). The average molecular weight is 376 g/mol. The molecule has 4 aromatic rings. The first-order valence-corrected chi connectivity index (χ1v) is 9.09. The fourth-order valence-corrected chi connectivity index (χ4v) is 3.20. The molecule has 134 valence electrons. The van der Waals surface area contributed by atoms with E-state index in [0.717, 1.165) is 39.3 Å². The molecule has 0 spiro atoms. The van der Waals surface area contributed by atoms with Crippen molar-refractivity contribution in [3.05, 3.63) is 78.0 Å². The van der Waals surface area contributed by atoms with Gasteiger partial charge in [-0.25, -0.2) is 9.67 Å². The van der Waals surface area contributed by atoms with Crippen LogP contribution in [0.4, 0.5) is 0 Å². The number of hydrogen-bond acceptors (Lipinski definition) is 3. The summed E-state index contributed by atoms with van der Waals surface area (Å²) < 4.78 is 7.83. The largest absolute Gasteiger partial charge is 0.492 e. The summed E-state index contributed by atoms with van der Waals surface area (Å²) in [6, 6.07) is 17.6. The predicted molar refractivity (Wildman–Crippen MR) is 111 cm³/mol. The SMILES string of the molecule is C=Cc1cnc2c(c(-c3ccc(Cl)cc3)nn2-c2ccccc2)c1OCC. The number of ether oxygens (including phenoxy) is 1. The number of fused-ring (bicyclic) bond motifs is 1. The number of rotatable bonds is 5. The lowest BCUT2D eigenvalue weighted by molar-refractivity contribution is 0.343. The zero-order chi connectivity index (χ0) is 18.8. The smallest absolute Gasteiger partial charge is 0.167 e. The van der Waals surface area contributed by atoms with Crippen LogP contribution in [0.5, 0.6) is 5.75 Å². The van der Waals surface area contributed by atoms with Crippen LogP contribution in [0.25, 0.3) is 34.1 Å². The van der Waals surface area contributed by atoms with Crippen molar-refractivity contribution in [2.24, 2.45) is 0 Å². The summed E-state index contributed by atoms with van der Waals surface area (Å²) >= 11 is 6.07. The molecule has 0 bridgehead atoms. The lowest BCUT2D eigenvalue weighted by Crippen LogP contribution is -1.99. The minimum atomic E-state index is 0.538. The van der Waals surface area contributed by atoms with E-state index < -0.39 is 0 Å². The van der Waals surface area contributed by atoms with E-state index in [2.05, 4.69) is 11.6 Å². The Kier molecular flexibility index (Phi) is 4.65. The Bertz CT molecular complexity index is 1100. The van der Waals surface area contributed by atoms with Gasteiger partial charge >= 0.3 is 0 Å². The monoisotopic (exact) mass is 375 g/mol. The molecule has 0 aliphatic rings. The zero-order valence-corrected chi connectivity index (χ0v) is 15.6. The van der Waals surface area contributed by atoms with Gasteiger partial charge in [-0.05, 0) is 31.2 Å². The highest BCUT2D eigenvalue weighted by Crippen LogP contribution is 2.38. The molecule has 5 heteroatoms. The van der Waals surface area contributed by atoms with Crippen molar-refractivity contribution in [1.29, 1.82) is 0 Å². The Balaban J connectivity index is 2.08. The highest BCUT2D eigenvalue weighted by atomic mass is 35.5. The van der Waals surface area contributed by atoms with Crippen molar-refractivity contribution in [2.45, 2.75) is 6.92 Å². The van der Waals surface area contributed by atoms with Gasteiger partial charge in [0.1, 0.15) is 11.4 Å². The van der Waals surface area contributed by atoms with Crippen LogP contribution in [0.3, 0.4) is 0 Å². The predicted octanol–water partition coefficient (Wildman–Crippen LogP) is 5.78. The molecule has 0 amide bonds. The molecule has 0 unspecified atom stereocenters. The van der Waals surface area contributed by atoms with E-state index in [0.29, 0.717) is 11.6 Å². The minimum absolute atomic E-state index is 0.538.